The smallest absolute Gasteiger partial charge is 0.338 e. The van der Waals surface area contributed by atoms with Crippen molar-refractivity contribution >= 4 is 135 Å². The highest BCUT2D eigenvalue weighted by atomic mass is 79.9. The summed E-state index contributed by atoms with van der Waals surface area (Å²) in [6, 6.07) is 10.2. The third-order valence-corrected chi connectivity index (χ3v) is 23.1. The van der Waals surface area contributed by atoms with E-state index in [4.69, 9.17) is 43.4 Å². The van der Waals surface area contributed by atoms with Gasteiger partial charge in [-0.15, -0.1) is 34.0 Å². The lowest BCUT2D eigenvalue weighted by Gasteiger charge is -2.40. The fraction of sp³-hybridized carbons (Fsp3) is 0.440. The summed E-state index contributed by atoms with van der Waals surface area (Å²) >= 11 is 14.5. The number of morpholine rings is 3. The zero-order chi connectivity index (χ0) is 79.6. The van der Waals surface area contributed by atoms with E-state index in [0.717, 1.165) is 0 Å². The number of carboxylic acids is 3. The SMILES string of the molecule is CCOC(=O)C1=C(CN2CCOC[C@H]2C(C)CC(=O)O)NC(c2nccs2)=N[C@H]1c1ccc(F)cc1Br.CCOC(=O)C1=C(CN2CCOC[C@H]2CC(C)C(=O)O)NC(c2nccs2)=N[C@H]1c1ccc(F)cc1Br.CCOC(=O)C1=C(CN2CCO[C@H](CC(C)C(=O)O)C2)NC(c2nccs2)=N[C@H]1c1ccc(F)cc1Br. The van der Waals surface area contributed by atoms with Gasteiger partial charge < -0.3 is 59.7 Å². The van der Waals surface area contributed by atoms with E-state index in [9.17, 15) is 57.3 Å². The molecule has 0 spiro atoms. The maximum atomic E-state index is 13.9. The van der Waals surface area contributed by atoms with Crippen molar-refractivity contribution in [3.63, 3.8) is 0 Å². The second-order valence-electron chi connectivity index (χ2n) is 26.4. The van der Waals surface area contributed by atoms with Crippen molar-refractivity contribution in [2.75, 3.05) is 98.7 Å². The molecule has 3 fully saturated rings. The molecule has 111 heavy (non-hydrogen) atoms. The van der Waals surface area contributed by atoms with Gasteiger partial charge in [-0.2, -0.15) is 0 Å². The molecule has 6 N–H and O–H groups in total. The van der Waals surface area contributed by atoms with Crippen LogP contribution in [0.2, 0.25) is 0 Å². The largest absolute Gasteiger partial charge is 0.481 e. The number of hydrogen-bond donors (Lipinski definition) is 6. The van der Waals surface area contributed by atoms with Crippen LogP contribution in [0.15, 0.2) is 152 Å². The Kier molecular flexibility index (Phi) is 31.3. The third-order valence-electron chi connectivity index (χ3n) is 18.7. The average molecular weight is 1790 g/mol. The van der Waals surface area contributed by atoms with Crippen LogP contribution in [0.4, 0.5) is 13.2 Å². The number of aromatic nitrogens is 3. The number of nitrogens with one attached hydrogen (secondary N) is 3. The van der Waals surface area contributed by atoms with Gasteiger partial charge in [-0.25, -0.2) is 42.5 Å². The van der Waals surface area contributed by atoms with E-state index in [0.29, 0.717) is 188 Å². The van der Waals surface area contributed by atoms with E-state index < -0.39 is 83.2 Å². The van der Waals surface area contributed by atoms with Gasteiger partial charge in [0.05, 0.1) is 87.5 Å². The molecule has 0 aliphatic carbocycles. The van der Waals surface area contributed by atoms with Crippen LogP contribution in [0.25, 0.3) is 0 Å². The molecule has 3 aromatic carbocycles. The lowest BCUT2D eigenvalue weighted by atomic mass is 9.93. The number of carbonyl (C=O) groups is 6. The summed E-state index contributed by atoms with van der Waals surface area (Å²) < 4.78 is 76.7. The molecular formula is C75H84Br3F3N12O15S3. The number of aliphatic carboxylic acids is 3. The Labute approximate surface area is 675 Å². The maximum absolute atomic E-state index is 13.9. The normalized spacial score (nSPS) is 21.2. The number of hydrogen-bond acceptors (Lipinski definition) is 27. The molecule has 0 saturated carbocycles. The summed E-state index contributed by atoms with van der Waals surface area (Å²) in [6.45, 7) is 16.3. The Balaban J connectivity index is 0.000000177. The predicted molar refractivity (Wildman–Crippen MR) is 420 cm³/mol. The van der Waals surface area contributed by atoms with Gasteiger partial charge in [-0.1, -0.05) is 86.8 Å². The number of rotatable bonds is 27. The first-order chi connectivity index (χ1) is 53.3. The van der Waals surface area contributed by atoms with Gasteiger partial charge in [-0.3, -0.25) is 44.1 Å². The summed E-state index contributed by atoms with van der Waals surface area (Å²) in [5, 5.41) is 45.5. The van der Waals surface area contributed by atoms with E-state index in [2.05, 4.69) is 93.4 Å². The topological polar surface area (TPSA) is 340 Å². The van der Waals surface area contributed by atoms with Crippen LogP contribution in [0.1, 0.15) is 111 Å². The Morgan fingerprint density at radius 1 is 0.550 bits per heavy atom. The van der Waals surface area contributed by atoms with Gasteiger partial charge in [-0.05, 0) is 92.6 Å². The van der Waals surface area contributed by atoms with Gasteiger partial charge in [0.1, 0.15) is 35.6 Å². The highest BCUT2D eigenvalue weighted by molar-refractivity contribution is 9.11. The number of halogens is 6. The molecule has 3 aromatic heterocycles. The summed E-state index contributed by atoms with van der Waals surface area (Å²) in [6.07, 6.45) is 5.55. The molecule has 6 aliphatic rings. The molecule has 3 saturated heterocycles. The number of amidine groups is 3. The van der Waals surface area contributed by atoms with Crippen molar-refractivity contribution in [1.82, 2.24) is 45.6 Å². The summed E-state index contributed by atoms with van der Waals surface area (Å²) in [7, 11) is 0. The maximum Gasteiger partial charge on any atom is 0.338 e. The van der Waals surface area contributed by atoms with Crippen LogP contribution < -0.4 is 16.0 Å². The van der Waals surface area contributed by atoms with Gasteiger partial charge in [0, 0.05) is 130 Å². The molecule has 9 heterocycles. The molecule has 6 aromatic rings. The van der Waals surface area contributed by atoms with Crippen LogP contribution >= 0.6 is 81.8 Å². The van der Waals surface area contributed by atoms with Gasteiger partial charge in [0.25, 0.3) is 0 Å². The number of aliphatic imine (C=N–C) groups is 3. The molecule has 0 radical (unpaired) electrons. The minimum Gasteiger partial charge on any atom is -0.481 e. The van der Waals surface area contributed by atoms with Crippen molar-refractivity contribution < 1.29 is 85.7 Å². The van der Waals surface area contributed by atoms with E-state index >= 15 is 0 Å². The molecule has 0 amide bonds. The zero-order valence-electron chi connectivity index (χ0n) is 61.3. The van der Waals surface area contributed by atoms with Gasteiger partial charge in [0.15, 0.2) is 32.5 Å². The van der Waals surface area contributed by atoms with Crippen LogP contribution in [0, 0.1) is 35.2 Å². The average Bonchev–Trinajstić information content (AvgIpc) is 1.48. The monoisotopic (exact) mass is 1780 g/mol. The van der Waals surface area contributed by atoms with E-state index in [-0.39, 0.29) is 50.3 Å². The number of esters is 3. The van der Waals surface area contributed by atoms with E-state index in [1.165, 1.54) is 70.4 Å². The van der Waals surface area contributed by atoms with Crippen molar-refractivity contribution in [3.05, 3.63) is 186 Å². The van der Waals surface area contributed by atoms with Crippen LogP contribution in [-0.2, 0) is 57.2 Å². The van der Waals surface area contributed by atoms with Crippen molar-refractivity contribution in [1.29, 1.82) is 0 Å². The Morgan fingerprint density at radius 2 is 0.946 bits per heavy atom. The van der Waals surface area contributed by atoms with Crippen molar-refractivity contribution in [3.8, 4) is 0 Å². The van der Waals surface area contributed by atoms with Crippen molar-refractivity contribution in [2.45, 2.75) is 97.1 Å². The number of benzene rings is 3. The molecule has 3 unspecified atom stereocenters. The first-order valence-electron chi connectivity index (χ1n) is 35.8. The second-order valence-corrected chi connectivity index (χ2v) is 31.7. The number of nitrogens with zero attached hydrogens (tertiary/aromatic N) is 9. The van der Waals surface area contributed by atoms with Crippen LogP contribution in [0.5, 0.6) is 0 Å². The van der Waals surface area contributed by atoms with Crippen molar-refractivity contribution in [2.24, 2.45) is 32.7 Å². The molecule has 9 atom stereocenters. The first-order valence-corrected chi connectivity index (χ1v) is 40.8. The zero-order valence-corrected chi connectivity index (χ0v) is 68.5. The fourth-order valence-corrected chi connectivity index (χ4v) is 16.8. The summed E-state index contributed by atoms with van der Waals surface area (Å²) in [4.78, 5) is 108. The molecule has 36 heteroatoms. The number of carboxylic acid groups (broad SMARTS) is 3. The highest BCUT2D eigenvalue weighted by Gasteiger charge is 2.41. The van der Waals surface area contributed by atoms with Gasteiger partial charge in [0.2, 0.25) is 0 Å². The molecule has 594 valence electrons. The molecule has 27 nitrogen and oxygen atoms in total. The molecule has 6 aliphatic heterocycles. The highest BCUT2D eigenvalue weighted by Crippen LogP contribution is 2.42. The summed E-state index contributed by atoms with van der Waals surface area (Å²) in [5.41, 5.74) is 4.54. The van der Waals surface area contributed by atoms with E-state index in [1.54, 1.807) is 71.4 Å². The Morgan fingerprint density at radius 3 is 1.33 bits per heavy atom. The van der Waals surface area contributed by atoms with Gasteiger partial charge >= 0.3 is 35.8 Å². The predicted octanol–water partition coefficient (Wildman–Crippen LogP) is 11.3. The Bertz CT molecular complexity index is 4500. The number of thiazole rings is 3. The quantitative estimate of drug-likeness (QED) is 0.0206. The summed E-state index contributed by atoms with van der Waals surface area (Å²) in [5.74, 6) is -5.21. The number of carbonyl (C=O) groups excluding carboxylic acids is 3. The minimum atomic E-state index is -0.875. The molecular weight excluding hydrogens is 1700 g/mol. The van der Waals surface area contributed by atoms with Crippen LogP contribution in [0.3, 0.4) is 0 Å². The fourth-order valence-electron chi connectivity index (χ4n) is 13.3. The first kappa shape index (κ1) is 85.4. The number of ether oxygens (including phenoxy) is 6. The third kappa shape index (κ3) is 22.5. The van der Waals surface area contributed by atoms with Crippen LogP contribution in [-0.4, -0.2) is 215 Å². The van der Waals surface area contributed by atoms with E-state index in [1.807, 2.05) is 23.1 Å². The lowest BCUT2D eigenvalue weighted by molar-refractivity contribution is -0.143. The lowest BCUT2D eigenvalue weighted by Crippen LogP contribution is -2.51. The molecule has 0 bridgehead atoms. The Hall–Kier alpha value is -8.01. The second kappa shape index (κ2) is 40.6. The molecule has 12 rings (SSSR count). The standard InChI is InChI=1S/3C25H28BrFN4O5S/c1-3-36-25(34)20-19(12-31-7-8-35-13-16(31)10-14(2)24(32)33)29-22(23-28-6-9-37-23)30-21(20)17-5-4-15(27)11-18(17)26;1-3-35-25(34)20-19(13-31-7-8-36-16(12-31)10-14(2)24(32)33)29-22(23-28-6-9-37-23)30-21(20)17-5-4-15(27)11-18(17)26;1-3-36-25(34)21-18(12-31-7-8-35-13-19(31)14(2)10-20(32)33)29-23(24-28-6-9-37-24)30-22(21)16-5-4-15(27)11-17(16)26/h2*4-6,9,11,14,16,21H,3,7-8,10,12-13H2,1-2H3,(H,29,30)(H,32,33);4-6,9,11,14,19,22H,3,7-8,10,12-13H2,1-2H3,(H,29,30)(H,32,33)/t2*14?,16-,21+;14?,19-,22-/m110/s1. The minimum absolute atomic E-state index is 0.00128.